The summed E-state index contributed by atoms with van der Waals surface area (Å²) in [5, 5.41) is 10.3. The zero-order valence-electron chi connectivity index (χ0n) is 13.9. The number of phenols is 1. The highest BCUT2D eigenvalue weighted by Crippen LogP contribution is 2.43. The number of rotatable bonds is 2. The number of allylic oxidation sites excluding steroid dienone is 4. The molecule has 0 radical (unpaired) electrons. The van der Waals surface area contributed by atoms with Crippen molar-refractivity contribution in [2.45, 2.75) is 13.8 Å². The minimum absolute atomic E-state index is 0.0189. The second kappa shape index (κ2) is 6.28. The Morgan fingerprint density at radius 2 is 1.52 bits per heavy atom. The van der Waals surface area contributed by atoms with Gasteiger partial charge in [-0.25, -0.2) is 0 Å². The summed E-state index contributed by atoms with van der Waals surface area (Å²) in [5.74, 6) is -0.535. The summed E-state index contributed by atoms with van der Waals surface area (Å²) in [5.41, 5.74) is 6.58. The zero-order chi connectivity index (χ0) is 18.1. The van der Waals surface area contributed by atoms with Crippen LogP contribution >= 0.6 is 0 Å². The van der Waals surface area contributed by atoms with Gasteiger partial charge in [-0.05, 0) is 26.0 Å². The first kappa shape index (κ1) is 16.5. The fraction of sp³-hybridized carbons (Fsp3) is 0.100. The maximum absolute atomic E-state index is 12.8. The quantitative estimate of drug-likeness (QED) is 0.491. The number of nitrogens with two attached hydrogens (primary N) is 1. The fourth-order valence-corrected chi connectivity index (χ4v) is 2.91. The van der Waals surface area contributed by atoms with E-state index in [0.717, 1.165) is 0 Å². The average molecular weight is 335 g/mol. The van der Waals surface area contributed by atoms with Crippen LogP contribution in [0.3, 0.4) is 0 Å². The molecule has 5 nitrogen and oxygen atoms in total. The number of fused-ring (bicyclic) bond motifs is 1. The lowest BCUT2D eigenvalue weighted by Crippen LogP contribution is -2.24. The molecule has 126 valence electrons. The Morgan fingerprint density at radius 3 is 2.08 bits per heavy atom. The summed E-state index contributed by atoms with van der Waals surface area (Å²) in [4.78, 5) is 25.5. The van der Waals surface area contributed by atoms with Crippen LogP contribution in [-0.4, -0.2) is 16.7 Å². The van der Waals surface area contributed by atoms with Crippen molar-refractivity contribution in [3.63, 3.8) is 0 Å². The highest BCUT2D eigenvalue weighted by molar-refractivity contribution is 6.33. The van der Waals surface area contributed by atoms with Crippen LogP contribution in [0.1, 0.15) is 34.6 Å². The second-order valence-electron chi connectivity index (χ2n) is 5.54. The van der Waals surface area contributed by atoms with E-state index in [4.69, 9.17) is 10.5 Å². The molecule has 0 bridgehead atoms. The van der Waals surface area contributed by atoms with E-state index in [-0.39, 0.29) is 39.5 Å². The van der Waals surface area contributed by atoms with Gasteiger partial charge in [0.15, 0.2) is 17.3 Å². The van der Waals surface area contributed by atoms with Crippen LogP contribution in [0.2, 0.25) is 0 Å². The van der Waals surface area contributed by atoms with E-state index < -0.39 is 11.6 Å². The smallest absolute Gasteiger partial charge is 0.197 e. The van der Waals surface area contributed by atoms with Gasteiger partial charge in [-0.1, -0.05) is 30.4 Å². The number of Topliss-reactive ketones (excluding diaryl/α,β-unsaturated/α-hetero) is 2. The number of anilines is 1. The van der Waals surface area contributed by atoms with Crippen LogP contribution in [0.25, 0.3) is 0 Å². The van der Waals surface area contributed by atoms with Crippen LogP contribution < -0.4 is 10.5 Å². The lowest BCUT2D eigenvalue weighted by atomic mass is 9.80. The van der Waals surface area contributed by atoms with Gasteiger partial charge >= 0.3 is 0 Å². The third-order valence-electron chi connectivity index (χ3n) is 4.09. The van der Waals surface area contributed by atoms with Crippen LogP contribution in [0.15, 0.2) is 59.7 Å². The van der Waals surface area contributed by atoms with E-state index >= 15 is 0 Å². The Hall–Kier alpha value is -3.34. The Bertz CT molecular complexity index is 940. The van der Waals surface area contributed by atoms with Crippen molar-refractivity contribution < 1.29 is 19.4 Å². The van der Waals surface area contributed by atoms with Gasteiger partial charge in [0, 0.05) is 17.2 Å². The molecule has 1 aliphatic carbocycles. The molecule has 0 fully saturated rings. The van der Waals surface area contributed by atoms with E-state index in [9.17, 15) is 14.7 Å². The molecule has 5 heteroatoms. The van der Waals surface area contributed by atoms with Crippen molar-refractivity contribution in [3.8, 4) is 17.2 Å². The summed E-state index contributed by atoms with van der Waals surface area (Å²) in [7, 11) is 0. The number of para-hydroxylation sites is 1. The Kier molecular flexibility index (Phi) is 4.15. The van der Waals surface area contributed by atoms with Gasteiger partial charge < -0.3 is 15.6 Å². The van der Waals surface area contributed by atoms with E-state index in [0.29, 0.717) is 5.75 Å². The van der Waals surface area contributed by atoms with Gasteiger partial charge in [0.2, 0.25) is 0 Å². The van der Waals surface area contributed by atoms with Crippen LogP contribution in [-0.2, 0) is 0 Å². The molecule has 2 aromatic rings. The van der Waals surface area contributed by atoms with Gasteiger partial charge in [-0.2, -0.15) is 0 Å². The van der Waals surface area contributed by atoms with E-state index in [1.165, 1.54) is 6.07 Å². The molecule has 0 spiro atoms. The lowest BCUT2D eigenvalue weighted by Gasteiger charge is -2.23. The summed E-state index contributed by atoms with van der Waals surface area (Å²) in [6, 6.07) is 10.1. The van der Waals surface area contributed by atoms with Gasteiger partial charge in [0.05, 0.1) is 16.8 Å². The molecule has 0 heterocycles. The molecule has 3 N–H and O–H groups in total. The largest absolute Gasteiger partial charge is 0.507 e. The molecular weight excluding hydrogens is 318 g/mol. The van der Waals surface area contributed by atoms with Crippen molar-refractivity contribution in [1.82, 2.24) is 0 Å². The highest BCUT2D eigenvalue weighted by Gasteiger charge is 2.36. The molecule has 1 aliphatic rings. The number of aromatic hydroxyl groups is 1. The van der Waals surface area contributed by atoms with Gasteiger partial charge in [0.25, 0.3) is 0 Å². The third-order valence-corrected chi connectivity index (χ3v) is 4.09. The maximum Gasteiger partial charge on any atom is 0.197 e. The normalized spacial score (nSPS) is 17.0. The number of nitrogen functional groups attached to an aromatic ring is 1. The summed E-state index contributed by atoms with van der Waals surface area (Å²) >= 11 is 0. The van der Waals surface area contributed by atoms with Crippen molar-refractivity contribution in [1.29, 1.82) is 0 Å². The number of carbonyl (C=O) groups excluding carboxylic acids is 2. The minimum atomic E-state index is -0.430. The summed E-state index contributed by atoms with van der Waals surface area (Å²) in [6.07, 6.45) is 3.13. The number of phenolic OH excluding ortho intramolecular Hbond substituents is 1. The van der Waals surface area contributed by atoms with Crippen molar-refractivity contribution >= 4 is 17.3 Å². The number of ketones is 2. The number of carbonyl (C=O) groups is 2. The second-order valence-corrected chi connectivity index (χ2v) is 5.54. The lowest BCUT2D eigenvalue weighted by molar-refractivity contribution is 0.0970. The molecule has 0 atom stereocenters. The first-order valence-corrected chi connectivity index (χ1v) is 7.80. The fourth-order valence-electron chi connectivity index (χ4n) is 2.91. The van der Waals surface area contributed by atoms with E-state index in [1.54, 1.807) is 50.3 Å². The van der Waals surface area contributed by atoms with Crippen molar-refractivity contribution in [3.05, 3.63) is 70.8 Å². The summed E-state index contributed by atoms with van der Waals surface area (Å²) < 4.78 is 5.68. The van der Waals surface area contributed by atoms with Gasteiger partial charge in [-0.15, -0.1) is 0 Å². The first-order valence-electron chi connectivity index (χ1n) is 7.80. The molecule has 25 heavy (non-hydrogen) atoms. The first-order chi connectivity index (χ1) is 12.0. The van der Waals surface area contributed by atoms with Crippen LogP contribution in [0.5, 0.6) is 17.2 Å². The van der Waals surface area contributed by atoms with Gasteiger partial charge in [-0.3, -0.25) is 9.59 Å². The number of benzene rings is 2. The SMILES string of the molecule is C/C=C1/C(=O)c2c(O)cc(Oc3ccccc3)c(N)c2C(=O)/C1=C/C. The maximum atomic E-state index is 12.8. The monoisotopic (exact) mass is 335 g/mol. The molecule has 0 unspecified atom stereocenters. The molecule has 3 rings (SSSR count). The standard InChI is InChI=1S/C20H17NO4/c1-3-12-13(4-2)20(24)17-16(19(12)23)14(22)10-15(18(17)21)25-11-8-6-5-7-9-11/h3-10,22H,21H2,1-2H3/b12-3+,13-4+. The summed E-state index contributed by atoms with van der Waals surface area (Å²) in [6.45, 7) is 3.34. The third kappa shape index (κ3) is 2.59. The predicted octanol–water partition coefficient (Wildman–Crippen LogP) is 4.04. The van der Waals surface area contributed by atoms with E-state index in [2.05, 4.69) is 0 Å². The Morgan fingerprint density at radius 1 is 0.960 bits per heavy atom. The molecule has 2 aromatic carbocycles. The van der Waals surface area contributed by atoms with Gasteiger partial charge in [0.1, 0.15) is 11.5 Å². The number of hydrogen-bond donors (Lipinski definition) is 2. The average Bonchev–Trinajstić information content (AvgIpc) is 2.61. The van der Waals surface area contributed by atoms with Crippen LogP contribution in [0.4, 0.5) is 5.69 Å². The number of hydrogen-bond acceptors (Lipinski definition) is 5. The minimum Gasteiger partial charge on any atom is -0.507 e. The van der Waals surface area contributed by atoms with E-state index in [1.807, 2.05) is 6.07 Å². The Labute approximate surface area is 145 Å². The molecule has 0 aromatic heterocycles. The molecule has 0 saturated heterocycles. The molecule has 0 amide bonds. The van der Waals surface area contributed by atoms with Crippen LogP contribution in [0, 0.1) is 0 Å². The molecule has 0 aliphatic heterocycles. The molecular formula is C20H17NO4. The Balaban J connectivity index is 2.22. The zero-order valence-corrected chi connectivity index (χ0v) is 13.9. The van der Waals surface area contributed by atoms with Crippen molar-refractivity contribution in [2.75, 3.05) is 5.73 Å². The highest BCUT2D eigenvalue weighted by atomic mass is 16.5. The predicted molar refractivity (Wildman–Crippen MR) is 95.2 cm³/mol. The number of ether oxygens (including phenoxy) is 1. The van der Waals surface area contributed by atoms with Crippen molar-refractivity contribution in [2.24, 2.45) is 0 Å². The molecule has 0 saturated carbocycles. The topological polar surface area (TPSA) is 89.6 Å².